The monoisotopic (exact) mass is 323 g/mol. The lowest BCUT2D eigenvalue weighted by atomic mass is 10.1. The van der Waals surface area contributed by atoms with Gasteiger partial charge < -0.3 is 19.5 Å². The molecule has 0 aliphatic heterocycles. The summed E-state index contributed by atoms with van der Waals surface area (Å²) >= 11 is 0. The molecule has 0 aliphatic rings. The Hall–Kier alpha value is -1.43. The molecule has 0 aromatic heterocycles. The highest BCUT2D eigenvalue weighted by molar-refractivity contribution is 5.76. The van der Waals surface area contributed by atoms with Crippen molar-refractivity contribution in [3.05, 3.63) is 29.8 Å². The van der Waals surface area contributed by atoms with E-state index in [2.05, 4.69) is 24.4 Å². The molecule has 0 fully saturated rings. The molecule has 1 rings (SSSR count). The molecule has 0 saturated heterocycles. The second kappa shape index (κ2) is 12.0. The molecule has 0 radical (unpaired) electrons. The van der Waals surface area contributed by atoms with Gasteiger partial charge >= 0.3 is 0 Å². The molecule has 1 aromatic carbocycles. The number of benzene rings is 1. The molecule has 130 valence electrons. The number of hydrogen-bond acceptors (Lipinski definition) is 5. The fraction of sp³-hybridized carbons (Fsp3) is 0.611. The molecule has 1 aromatic rings. The Balaban J connectivity index is 1.99. The Kier molecular flexibility index (Phi) is 10.3. The third kappa shape index (κ3) is 9.33. The Labute approximate surface area is 139 Å². The van der Waals surface area contributed by atoms with E-state index in [1.807, 2.05) is 19.2 Å². The van der Waals surface area contributed by atoms with Gasteiger partial charge in [0.2, 0.25) is 0 Å². The summed E-state index contributed by atoms with van der Waals surface area (Å²) in [6.07, 6.45) is 1.65. The first kappa shape index (κ1) is 19.6. The molecule has 0 unspecified atom stereocenters. The molecule has 0 bridgehead atoms. The van der Waals surface area contributed by atoms with Crippen LogP contribution in [0.4, 0.5) is 0 Å². The Morgan fingerprint density at radius 3 is 2.26 bits per heavy atom. The van der Waals surface area contributed by atoms with Gasteiger partial charge in [-0.15, -0.1) is 0 Å². The standard InChI is InChI=1S/C18H29NO4/c1-15(20)14-22-12-4-10-21-11-5-13-23-18-8-6-17(7-9-18)16(2)19-3/h6-9,16,19H,4-5,10-14H2,1-3H3/t16-/m1/s1. The van der Waals surface area contributed by atoms with Gasteiger partial charge in [0.1, 0.15) is 12.4 Å². The van der Waals surface area contributed by atoms with E-state index in [0.717, 1.165) is 18.6 Å². The number of hydrogen-bond donors (Lipinski definition) is 1. The van der Waals surface area contributed by atoms with Crippen LogP contribution in [0.3, 0.4) is 0 Å². The van der Waals surface area contributed by atoms with Crippen molar-refractivity contribution in [2.24, 2.45) is 0 Å². The largest absolute Gasteiger partial charge is 0.494 e. The summed E-state index contributed by atoms with van der Waals surface area (Å²) in [6.45, 7) is 6.36. The van der Waals surface area contributed by atoms with Gasteiger partial charge in [-0.1, -0.05) is 12.1 Å². The third-order valence-electron chi connectivity index (χ3n) is 3.40. The summed E-state index contributed by atoms with van der Waals surface area (Å²) in [4.78, 5) is 10.7. The highest BCUT2D eigenvalue weighted by atomic mass is 16.5. The smallest absolute Gasteiger partial charge is 0.155 e. The first-order chi connectivity index (χ1) is 11.1. The summed E-state index contributed by atoms with van der Waals surface area (Å²) in [5, 5.41) is 3.21. The molecule has 5 nitrogen and oxygen atoms in total. The molecule has 0 heterocycles. The van der Waals surface area contributed by atoms with Gasteiger partial charge in [0.25, 0.3) is 0 Å². The summed E-state index contributed by atoms with van der Waals surface area (Å²) < 4.78 is 16.3. The Morgan fingerprint density at radius 2 is 1.65 bits per heavy atom. The first-order valence-electron chi connectivity index (χ1n) is 8.18. The number of ketones is 1. The molecule has 23 heavy (non-hydrogen) atoms. The zero-order valence-electron chi connectivity index (χ0n) is 14.5. The summed E-state index contributed by atoms with van der Waals surface area (Å²) in [6, 6.07) is 8.49. The molecule has 0 amide bonds. The molecule has 0 saturated carbocycles. The Bertz CT molecular complexity index is 433. The van der Waals surface area contributed by atoms with Crippen LogP contribution in [0.25, 0.3) is 0 Å². The fourth-order valence-corrected chi connectivity index (χ4v) is 1.95. The minimum absolute atomic E-state index is 0.0523. The normalized spacial score (nSPS) is 12.1. The van der Waals surface area contributed by atoms with E-state index in [1.54, 1.807) is 0 Å². The molecule has 0 aliphatic carbocycles. The molecule has 0 spiro atoms. The maximum Gasteiger partial charge on any atom is 0.155 e. The van der Waals surface area contributed by atoms with Gasteiger partial charge in [-0.2, -0.15) is 0 Å². The lowest BCUT2D eigenvalue weighted by Crippen LogP contribution is -2.12. The van der Waals surface area contributed by atoms with Crippen molar-refractivity contribution in [1.29, 1.82) is 0 Å². The lowest BCUT2D eigenvalue weighted by molar-refractivity contribution is -0.121. The predicted molar refractivity (Wildman–Crippen MR) is 91.0 cm³/mol. The van der Waals surface area contributed by atoms with Crippen molar-refractivity contribution in [3.8, 4) is 5.75 Å². The van der Waals surface area contributed by atoms with E-state index in [-0.39, 0.29) is 12.4 Å². The van der Waals surface area contributed by atoms with Crippen LogP contribution in [0, 0.1) is 0 Å². The van der Waals surface area contributed by atoms with Crippen molar-refractivity contribution in [2.75, 3.05) is 40.1 Å². The molecule has 1 atom stereocenters. The van der Waals surface area contributed by atoms with Crippen LogP contribution in [0.1, 0.15) is 38.3 Å². The second-order valence-electron chi connectivity index (χ2n) is 5.50. The lowest BCUT2D eigenvalue weighted by Gasteiger charge is -2.12. The van der Waals surface area contributed by atoms with Crippen LogP contribution in [-0.4, -0.2) is 45.9 Å². The zero-order chi connectivity index (χ0) is 16.9. The van der Waals surface area contributed by atoms with E-state index >= 15 is 0 Å². The molecule has 1 N–H and O–H groups in total. The second-order valence-corrected chi connectivity index (χ2v) is 5.50. The van der Waals surface area contributed by atoms with Gasteiger partial charge in [-0.05, 0) is 45.0 Å². The van der Waals surface area contributed by atoms with Gasteiger partial charge in [-0.25, -0.2) is 0 Å². The molecular formula is C18H29NO4. The van der Waals surface area contributed by atoms with E-state index in [1.165, 1.54) is 12.5 Å². The van der Waals surface area contributed by atoms with Crippen LogP contribution in [0.5, 0.6) is 5.75 Å². The number of rotatable bonds is 13. The zero-order valence-corrected chi connectivity index (χ0v) is 14.5. The average Bonchev–Trinajstić information content (AvgIpc) is 2.56. The SMILES string of the molecule is CN[C@H](C)c1ccc(OCCCOCCCOCC(C)=O)cc1. The van der Waals surface area contributed by atoms with Gasteiger partial charge in [0.05, 0.1) is 6.61 Å². The van der Waals surface area contributed by atoms with Gasteiger partial charge in [0.15, 0.2) is 5.78 Å². The number of carbonyl (C=O) groups excluding carboxylic acids is 1. The summed E-state index contributed by atoms with van der Waals surface area (Å²) in [7, 11) is 1.95. The Morgan fingerprint density at radius 1 is 1.04 bits per heavy atom. The van der Waals surface area contributed by atoms with Gasteiger partial charge in [-0.3, -0.25) is 4.79 Å². The van der Waals surface area contributed by atoms with Crippen molar-refractivity contribution < 1.29 is 19.0 Å². The van der Waals surface area contributed by atoms with Gasteiger partial charge in [0, 0.05) is 32.3 Å². The number of ether oxygens (including phenoxy) is 3. The van der Waals surface area contributed by atoms with Crippen molar-refractivity contribution in [1.82, 2.24) is 5.32 Å². The topological polar surface area (TPSA) is 56.8 Å². The minimum Gasteiger partial charge on any atom is -0.494 e. The fourth-order valence-electron chi connectivity index (χ4n) is 1.95. The summed E-state index contributed by atoms with van der Waals surface area (Å²) in [5.74, 6) is 0.936. The average molecular weight is 323 g/mol. The number of Topliss-reactive ketones (excluding diaryl/α,β-unsaturated/α-hetero) is 1. The van der Waals surface area contributed by atoms with Crippen LogP contribution >= 0.6 is 0 Å². The quantitative estimate of drug-likeness (QED) is 0.566. The summed E-state index contributed by atoms with van der Waals surface area (Å²) in [5.41, 5.74) is 1.25. The van der Waals surface area contributed by atoms with E-state index in [0.29, 0.717) is 32.5 Å². The molecular weight excluding hydrogens is 294 g/mol. The van der Waals surface area contributed by atoms with Crippen molar-refractivity contribution in [3.63, 3.8) is 0 Å². The minimum atomic E-state index is 0.0523. The van der Waals surface area contributed by atoms with Crippen LogP contribution in [-0.2, 0) is 14.3 Å². The van der Waals surface area contributed by atoms with E-state index < -0.39 is 0 Å². The van der Waals surface area contributed by atoms with E-state index in [9.17, 15) is 4.79 Å². The van der Waals surface area contributed by atoms with Crippen molar-refractivity contribution in [2.45, 2.75) is 32.7 Å². The maximum absolute atomic E-state index is 10.7. The third-order valence-corrected chi connectivity index (χ3v) is 3.40. The van der Waals surface area contributed by atoms with Crippen LogP contribution in [0.2, 0.25) is 0 Å². The molecule has 5 heteroatoms. The highest BCUT2D eigenvalue weighted by Crippen LogP contribution is 2.17. The van der Waals surface area contributed by atoms with Crippen LogP contribution in [0.15, 0.2) is 24.3 Å². The van der Waals surface area contributed by atoms with E-state index in [4.69, 9.17) is 14.2 Å². The maximum atomic E-state index is 10.7. The highest BCUT2D eigenvalue weighted by Gasteiger charge is 2.02. The predicted octanol–water partition coefficient (Wildman–Crippen LogP) is 2.75. The first-order valence-corrected chi connectivity index (χ1v) is 8.18. The number of nitrogens with one attached hydrogen (secondary N) is 1. The number of carbonyl (C=O) groups is 1. The van der Waals surface area contributed by atoms with Crippen LogP contribution < -0.4 is 10.1 Å². The van der Waals surface area contributed by atoms with Crippen molar-refractivity contribution >= 4 is 5.78 Å².